The molecule has 18 heavy (non-hydrogen) atoms. The smallest absolute Gasteiger partial charge is 0.127 e. The highest BCUT2D eigenvalue weighted by atomic mass is 16.5. The SMILES string of the molecule is CCCCc1cccc2c1-c1ccccc1CO2. The van der Waals surface area contributed by atoms with E-state index in [0.29, 0.717) is 6.61 Å². The fourth-order valence-corrected chi connectivity index (χ4v) is 2.62. The standard InChI is InChI=1S/C17H18O/c1-2-3-7-13-9-6-11-16-17(13)15-10-5-4-8-14(15)12-18-16/h4-6,8-11H,2-3,7,12H2,1H3. The van der Waals surface area contributed by atoms with Crippen molar-refractivity contribution in [3.63, 3.8) is 0 Å². The summed E-state index contributed by atoms with van der Waals surface area (Å²) in [6, 6.07) is 15.0. The van der Waals surface area contributed by atoms with E-state index in [1.807, 2.05) is 0 Å². The van der Waals surface area contributed by atoms with Crippen molar-refractivity contribution < 1.29 is 4.74 Å². The Labute approximate surface area is 108 Å². The second-order valence-corrected chi connectivity index (χ2v) is 4.84. The molecular formula is C17H18O. The van der Waals surface area contributed by atoms with Gasteiger partial charge in [0.05, 0.1) is 0 Å². The lowest BCUT2D eigenvalue weighted by Crippen LogP contribution is -2.07. The minimum absolute atomic E-state index is 0.695. The molecule has 1 aliphatic heterocycles. The molecule has 1 aliphatic rings. The first-order valence-corrected chi connectivity index (χ1v) is 6.73. The van der Waals surface area contributed by atoms with E-state index in [2.05, 4.69) is 49.4 Å². The number of hydrogen-bond donors (Lipinski definition) is 0. The lowest BCUT2D eigenvalue weighted by molar-refractivity contribution is 0.302. The Bertz CT molecular complexity index is 557. The summed E-state index contributed by atoms with van der Waals surface area (Å²) in [4.78, 5) is 0. The maximum atomic E-state index is 5.87. The Kier molecular flexibility index (Phi) is 3.06. The number of unbranched alkanes of at least 4 members (excludes halogenated alkanes) is 1. The molecule has 0 saturated carbocycles. The van der Waals surface area contributed by atoms with E-state index in [4.69, 9.17) is 4.74 Å². The van der Waals surface area contributed by atoms with Gasteiger partial charge in [-0.1, -0.05) is 49.7 Å². The number of aryl methyl sites for hydroxylation is 1. The highest BCUT2D eigenvalue weighted by molar-refractivity contribution is 5.78. The maximum absolute atomic E-state index is 5.87. The molecule has 0 radical (unpaired) electrons. The van der Waals surface area contributed by atoms with E-state index in [0.717, 1.165) is 12.2 Å². The minimum Gasteiger partial charge on any atom is -0.488 e. The fraction of sp³-hybridized carbons (Fsp3) is 0.294. The zero-order valence-electron chi connectivity index (χ0n) is 10.8. The van der Waals surface area contributed by atoms with Crippen molar-refractivity contribution in [2.24, 2.45) is 0 Å². The lowest BCUT2D eigenvalue weighted by atomic mass is 9.91. The molecule has 1 nitrogen and oxygen atoms in total. The van der Waals surface area contributed by atoms with Crippen LogP contribution in [-0.2, 0) is 13.0 Å². The Hall–Kier alpha value is -1.76. The van der Waals surface area contributed by atoms with Crippen molar-refractivity contribution in [1.29, 1.82) is 0 Å². The average molecular weight is 238 g/mol. The number of hydrogen-bond acceptors (Lipinski definition) is 1. The summed E-state index contributed by atoms with van der Waals surface area (Å²) >= 11 is 0. The summed E-state index contributed by atoms with van der Waals surface area (Å²) in [6.07, 6.45) is 3.60. The van der Waals surface area contributed by atoms with Gasteiger partial charge in [0.2, 0.25) is 0 Å². The van der Waals surface area contributed by atoms with Crippen LogP contribution >= 0.6 is 0 Å². The Morgan fingerprint density at radius 1 is 1.06 bits per heavy atom. The van der Waals surface area contributed by atoms with Gasteiger partial charge in [-0.15, -0.1) is 0 Å². The van der Waals surface area contributed by atoms with Crippen molar-refractivity contribution in [1.82, 2.24) is 0 Å². The molecule has 0 saturated heterocycles. The van der Waals surface area contributed by atoms with Gasteiger partial charge in [-0.3, -0.25) is 0 Å². The summed E-state index contributed by atoms with van der Waals surface area (Å²) in [6.45, 7) is 2.93. The molecule has 1 heterocycles. The van der Waals surface area contributed by atoms with Crippen molar-refractivity contribution >= 4 is 0 Å². The Balaban J connectivity index is 2.12. The molecular weight excluding hydrogens is 220 g/mol. The van der Waals surface area contributed by atoms with Gasteiger partial charge in [0.1, 0.15) is 12.4 Å². The molecule has 0 atom stereocenters. The third-order valence-corrected chi connectivity index (χ3v) is 3.58. The van der Waals surface area contributed by atoms with Gasteiger partial charge in [-0.2, -0.15) is 0 Å². The molecule has 2 aromatic carbocycles. The number of rotatable bonds is 3. The predicted octanol–water partition coefficient (Wildman–Crippen LogP) is 4.59. The van der Waals surface area contributed by atoms with Gasteiger partial charge < -0.3 is 4.74 Å². The van der Waals surface area contributed by atoms with E-state index < -0.39 is 0 Å². The average Bonchev–Trinajstić information content (AvgIpc) is 2.44. The van der Waals surface area contributed by atoms with Crippen LogP contribution in [0.2, 0.25) is 0 Å². The fourth-order valence-electron chi connectivity index (χ4n) is 2.62. The molecule has 0 fully saturated rings. The molecule has 3 rings (SSSR count). The van der Waals surface area contributed by atoms with E-state index in [1.165, 1.54) is 35.1 Å². The molecule has 0 amide bonds. The third kappa shape index (κ3) is 1.90. The van der Waals surface area contributed by atoms with E-state index in [-0.39, 0.29) is 0 Å². The molecule has 2 aromatic rings. The van der Waals surface area contributed by atoms with Crippen LogP contribution < -0.4 is 4.74 Å². The van der Waals surface area contributed by atoms with Gasteiger partial charge in [0.15, 0.2) is 0 Å². The van der Waals surface area contributed by atoms with Crippen LogP contribution in [0.1, 0.15) is 30.9 Å². The lowest BCUT2D eigenvalue weighted by Gasteiger charge is -2.23. The highest BCUT2D eigenvalue weighted by Crippen LogP contribution is 2.40. The highest BCUT2D eigenvalue weighted by Gasteiger charge is 2.19. The van der Waals surface area contributed by atoms with E-state index in [1.54, 1.807) is 0 Å². The Morgan fingerprint density at radius 2 is 1.94 bits per heavy atom. The topological polar surface area (TPSA) is 9.23 Å². The van der Waals surface area contributed by atoms with Gasteiger partial charge >= 0.3 is 0 Å². The molecule has 0 aromatic heterocycles. The third-order valence-electron chi connectivity index (χ3n) is 3.58. The number of benzene rings is 2. The van der Waals surface area contributed by atoms with Crippen LogP contribution in [0, 0.1) is 0 Å². The van der Waals surface area contributed by atoms with Crippen molar-refractivity contribution in [2.45, 2.75) is 32.8 Å². The molecule has 1 heteroatoms. The van der Waals surface area contributed by atoms with Crippen LogP contribution in [0.5, 0.6) is 5.75 Å². The number of fused-ring (bicyclic) bond motifs is 3. The first-order valence-electron chi connectivity index (χ1n) is 6.73. The Morgan fingerprint density at radius 3 is 2.83 bits per heavy atom. The van der Waals surface area contributed by atoms with Crippen molar-refractivity contribution in [3.8, 4) is 16.9 Å². The van der Waals surface area contributed by atoms with Crippen LogP contribution in [-0.4, -0.2) is 0 Å². The molecule has 0 N–H and O–H groups in total. The predicted molar refractivity (Wildman–Crippen MR) is 74.8 cm³/mol. The quantitative estimate of drug-likeness (QED) is 0.760. The zero-order chi connectivity index (χ0) is 12.4. The summed E-state index contributed by atoms with van der Waals surface area (Å²) < 4.78 is 5.87. The van der Waals surface area contributed by atoms with Crippen molar-refractivity contribution in [3.05, 3.63) is 53.6 Å². The maximum Gasteiger partial charge on any atom is 0.127 e. The van der Waals surface area contributed by atoms with Crippen LogP contribution in [0.15, 0.2) is 42.5 Å². The summed E-state index contributed by atoms with van der Waals surface area (Å²) in [5.74, 6) is 1.04. The van der Waals surface area contributed by atoms with Crippen LogP contribution in [0.25, 0.3) is 11.1 Å². The minimum atomic E-state index is 0.695. The van der Waals surface area contributed by atoms with Gasteiger partial charge in [0.25, 0.3) is 0 Å². The zero-order valence-corrected chi connectivity index (χ0v) is 10.8. The number of ether oxygens (including phenoxy) is 1. The summed E-state index contributed by atoms with van der Waals surface area (Å²) in [7, 11) is 0. The molecule has 0 bridgehead atoms. The monoisotopic (exact) mass is 238 g/mol. The van der Waals surface area contributed by atoms with Gasteiger partial charge in [-0.25, -0.2) is 0 Å². The van der Waals surface area contributed by atoms with Crippen LogP contribution in [0.3, 0.4) is 0 Å². The van der Waals surface area contributed by atoms with Crippen molar-refractivity contribution in [2.75, 3.05) is 0 Å². The molecule has 92 valence electrons. The second-order valence-electron chi connectivity index (χ2n) is 4.84. The first kappa shape index (κ1) is 11.3. The molecule has 0 unspecified atom stereocenters. The molecule has 0 spiro atoms. The van der Waals surface area contributed by atoms with Crippen LogP contribution in [0.4, 0.5) is 0 Å². The van der Waals surface area contributed by atoms with E-state index >= 15 is 0 Å². The van der Waals surface area contributed by atoms with E-state index in [9.17, 15) is 0 Å². The van der Waals surface area contributed by atoms with Gasteiger partial charge in [-0.05, 0) is 35.6 Å². The first-order chi connectivity index (χ1) is 8.90. The summed E-state index contributed by atoms with van der Waals surface area (Å²) in [5, 5.41) is 0. The largest absolute Gasteiger partial charge is 0.488 e. The normalized spacial score (nSPS) is 12.5. The van der Waals surface area contributed by atoms with Gasteiger partial charge in [0, 0.05) is 5.56 Å². The summed E-state index contributed by atoms with van der Waals surface area (Å²) in [5.41, 5.74) is 5.38. The second kappa shape index (κ2) is 4.85. The molecule has 0 aliphatic carbocycles.